The number of nitrogens with one attached hydrogen (secondary N) is 1. The van der Waals surface area contributed by atoms with E-state index in [-0.39, 0.29) is 0 Å². The fraction of sp³-hybridized carbons (Fsp3) is 0.333. The van der Waals surface area contributed by atoms with Gasteiger partial charge in [-0.1, -0.05) is 11.6 Å². The third kappa shape index (κ3) is 3.77. The van der Waals surface area contributed by atoms with Crippen molar-refractivity contribution in [2.24, 2.45) is 0 Å². The molecule has 3 nitrogen and oxygen atoms in total. The van der Waals surface area contributed by atoms with Crippen molar-refractivity contribution >= 4 is 17.5 Å². The highest BCUT2D eigenvalue weighted by Crippen LogP contribution is 2.05. The largest absolute Gasteiger partial charge is 0.354 e. The van der Waals surface area contributed by atoms with E-state index in [2.05, 4.69) is 21.2 Å². The first kappa shape index (κ1) is 9.82. The van der Waals surface area contributed by atoms with Crippen molar-refractivity contribution in [1.82, 2.24) is 9.97 Å². The molecule has 0 aliphatic heterocycles. The van der Waals surface area contributed by atoms with Crippen LogP contribution >= 0.6 is 11.6 Å². The summed E-state index contributed by atoms with van der Waals surface area (Å²) < 4.78 is 0. The molecule has 1 aromatic rings. The van der Waals surface area contributed by atoms with Gasteiger partial charge in [0.25, 0.3) is 0 Å². The van der Waals surface area contributed by atoms with E-state index in [0.717, 1.165) is 19.4 Å². The third-order valence-corrected chi connectivity index (χ3v) is 1.60. The van der Waals surface area contributed by atoms with Crippen molar-refractivity contribution in [3.63, 3.8) is 0 Å². The molecule has 1 rings (SSSR count). The van der Waals surface area contributed by atoms with Crippen LogP contribution in [0.25, 0.3) is 0 Å². The number of hydrogen-bond donors (Lipinski definition) is 1. The van der Waals surface area contributed by atoms with Crippen LogP contribution in [-0.2, 0) is 0 Å². The van der Waals surface area contributed by atoms with Gasteiger partial charge in [-0.2, -0.15) is 0 Å². The Morgan fingerprint density at radius 1 is 1.46 bits per heavy atom. The summed E-state index contributed by atoms with van der Waals surface area (Å²) in [5.41, 5.74) is 0. The van der Waals surface area contributed by atoms with Crippen molar-refractivity contribution in [1.29, 1.82) is 0 Å². The van der Waals surface area contributed by atoms with Crippen molar-refractivity contribution in [3.8, 4) is 12.3 Å². The Morgan fingerprint density at radius 3 is 2.77 bits per heavy atom. The van der Waals surface area contributed by atoms with E-state index >= 15 is 0 Å². The van der Waals surface area contributed by atoms with Gasteiger partial charge in [-0.25, -0.2) is 9.97 Å². The molecule has 13 heavy (non-hydrogen) atoms. The van der Waals surface area contributed by atoms with Crippen LogP contribution < -0.4 is 5.32 Å². The van der Waals surface area contributed by atoms with Gasteiger partial charge >= 0.3 is 0 Å². The van der Waals surface area contributed by atoms with E-state index in [9.17, 15) is 0 Å². The number of nitrogens with zero attached hydrogens (tertiary/aromatic N) is 2. The van der Waals surface area contributed by atoms with Crippen LogP contribution in [0.1, 0.15) is 12.8 Å². The van der Waals surface area contributed by atoms with Crippen molar-refractivity contribution in [3.05, 3.63) is 17.4 Å². The third-order valence-electron chi connectivity index (χ3n) is 1.40. The molecule has 0 saturated carbocycles. The summed E-state index contributed by atoms with van der Waals surface area (Å²) in [7, 11) is 0. The minimum Gasteiger partial charge on any atom is -0.354 e. The molecule has 0 fully saturated rings. The van der Waals surface area contributed by atoms with Gasteiger partial charge in [0.1, 0.15) is 0 Å². The first-order chi connectivity index (χ1) is 6.33. The molecule has 0 amide bonds. The summed E-state index contributed by atoms with van der Waals surface area (Å²) in [6, 6.07) is 0. The van der Waals surface area contributed by atoms with Crippen LogP contribution in [-0.4, -0.2) is 16.5 Å². The van der Waals surface area contributed by atoms with Gasteiger partial charge in [0.15, 0.2) is 0 Å². The second kappa shape index (κ2) is 5.39. The lowest BCUT2D eigenvalue weighted by molar-refractivity contribution is 0.892. The molecule has 0 unspecified atom stereocenters. The van der Waals surface area contributed by atoms with Crippen LogP contribution in [0.2, 0.25) is 5.02 Å². The Labute approximate surface area is 82.5 Å². The van der Waals surface area contributed by atoms with E-state index in [0.29, 0.717) is 11.0 Å². The average Bonchev–Trinajstić information content (AvgIpc) is 2.15. The van der Waals surface area contributed by atoms with Crippen LogP contribution in [0.5, 0.6) is 0 Å². The van der Waals surface area contributed by atoms with Gasteiger partial charge in [0.2, 0.25) is 5.95 Å². The minimum absolute atomic E-state index is 0.536. The zero-order chi connectivity index (χ0) is 9.52. The summed E-state index contributed by atoms with van der Waals surface area (Å²) in [6.45, 7) is 0.784. The molecule has 1 N–H and O–H groups in total. The maximum atomic E-state index is 5.62. The second-order valence-corrected chi connectivity index (χ2v) is 2.90. The van der Waals surface area contributed by atoms with Gasteiger partial charge in [-0.05, 0) is 6.42 Å². The predicted molar refractivity (Wildman–Crippen MR) is 53.6 cm³/mol. The summed E-state index contributed by atoms with van der Waals surface area (Å²) in [4.78, 5) is 7.94. The molecule has 1 aromatic heterocycles. The topological polar surface area (TPSA) is 37.8 Å². The van der Waals surface area contributed by atoms with Gasteiger partial charge < -0.3 is 5.32 Å². The lowest BCUT2D eigenvalue weighted by atomic mass is 10.3. The molecule has 0 aliphatic rings. The van der Waals surface area contributed by atoms with E-state index in [1.54, 1.807) is 12.4 Å². The maximum Gasteiger partial charge on any atom is 0.222 e. The molecule has 4 heteroatoms. The smallest absolute Gasteiger partial charge is 0.222 e. The van der Waals surface area contributed by atoms with E-state index in [1.807, 2.05) is 0 Å². The van der Waals surface area contributed by atoms with Gasteiger partial charge in [0, 0.05) is 13.0 Å². The molecule has 0 atom stereocenters. The van der Waals surface area contributed by atoms with Crippen LogP contribution in [0.15, 0.2) is 12.4 Å². The standard InChI is InChI=1S/C9H10ClN3/c1-2-3-4-5-11-9-12-6-8(10)7-13-9/h1,6-7H,3-5H2,(H,11,12,13). The number of aromatic nitrogens is 2. The average molecular weight is 196 g/mol. The fourth-order valence-corrected chi connectivity index (χ4v) is 0.892. The summed E-state index contributed by atoms with van der Waals surface area (Å²) >= 11 is 5.62. The molecule has 1 heterocycles. The van der Waals surface area contributed by atoms with Crippen LogP contribution in [0.4, 0.5) is 5.95 Å². The van der Waals surface area contributed by atoms with E-state index in [4.69, 9.17) is 18.0 Å². The second-order valence-electron chi connectivity index (χ2n) is 2.46. The molecule has 68 valence electrons. The van der Waals surface area contributed by atoms with Crippen molar-refractivity contribution in [2.45, 2.75) is 12.8 Å². The zero-order valence-electron chi connectivity index (χ0n) is 7.13. The fourth-order valence-electron chi connectivity index (χ4n) is 0.794. The molecular formula is C9H10ClN3. The Bertz CT molecular complexity index is 289. The molecule has 0 radical (unpaired) electrons. The number of hydrogen-bond acceptors (Lipinski definition) is 3. The van der Waals surface area contributed by atoms with Gasteiger partial charge in [0.05, 0.1) is 17.4 Å². The zero-order valence-corrected chi connectivity index (χ0v) is 7.88. The normalized spacial score (nSPS) is 9.23. The monoisotopic (exact) mass is 195 g/mol. The Hall–Kier alpha value is -1.27. The SMILES string of the molecule is C#CCCCNc1ncc(Cl)cn1. The molecule has 0 spiro atoms. The highest BCUT2D eigenvalue weighted by molar-refractivity contribution is 6.30. The lowest BCUT2D eigenvalue weighted by Crippen LogP contribution is -2.04. The van der Waals surface area contributed by atoms with Crippen LogP contribution in [0.3, 0.4) is 0 Å². The summed E-state index contributed by atoms with van der Waals surface area (Å²) in [6.07, 6.45) is 9.89. The first-order valence-electron chi connectivity index (χ1n) is 3.98. The summed E-state index contributed by atoms with van der Waals surface area (Å²) in [5, 5.41) is 3.57. The predicted octanol–water partition coefficient (Wildman–Crippen LogP) is 1.96. The number of halogens is 1. The quantitative estimate of drug-likeness (QED) is 0.590. The number of terminal acetylenes is 1. The number of unbranched alkanes of at least 4 members (excludes halogenated alkanes) is 1. The maximum absolute atomic E-state index is 5.62. The van der Waals surface area contributed by atoms with Crippen molar-refractivity contribution in [2.75, 3.05) is 11.9 Å². The van der Waals surface area contributed by atoms with E-state index < -0.39 is 0 Å². The van der Waals surface area contributed by atoms with Gasteiger partial charge in [-0.3, -0.25) is 0 Å². The molecular weight excluding hydrogens is 186 g/mol. The first-order valence-corrected chi connectivity index (χ1v) is 4.35. The number of rotatable bonds is 4. The summed E-state index contributed by atoms with van der Waals surface area (Å²) in [5.74, 6) is 3.15. The Kier molecular flexibility index (Phi) is 4.07. The molecule has 0 aromatic carbocycles. The van der Waals surface area contributed by atoms with E-state index in [1.165, 1.54) is 0 Å². The highest BCUT2D eigenvalue weighted by Gasteiger charge is 1.93. The molecule has 0 saturated heterocycles. The molecule has 0 bridgehead atoms. The minimum atomic E-state index is 0.536. The highest BCUT2D eigenvalue weighted by atomic mass is 35.5. The number of anilines is 1. The van der Waals surface area contributed by atoms with Crippen LogP contribution in [0, 0.1) is 12.3 Å². The Balaban J connectivity index is 2.30. The van der Waals surface area contributed by atoms with Crippen molar-refractivity contribution < 1.29 is 0 Å². The Morgan fingerprint density at radius 2 is 2.15 bits per heavy atom. The lowest BCUT2D eigenvalue weighted by Gasteiger charge is -2.01. The molecule has 0 aliphatic carbocycles. The van der Waals surface area contributed by atoms with Gasteiger partial charge in [-0.15, -0.1) is 12.3 Å².